The van der Waals surface area contributed by atoms with Crippen molar-refractivity contribution >= 4 is 17.6 Å². The van der Waals surface area contributed by atoms with Gasteiger partial charge in [-0.1, -0.05) is 25.5 Å². The molecule has 4 nitrogen and oxygen atoms in total. The van der Waals surface area contributed by atoms with Gasteiger partial charge in [0.2, 0.25) is 5.91 Å². The van der Waals surface area contributed by atoms with Gasteiger partial charge in [-0.25, -0.2) is 0 Å². The monoisotopic (exact) mass is 289 g/mol. The maximum Gasteiger partial charge on any atom is 0.305 e. The average Bonchev–Trinajstić information content (AvgIpc) is 3.30. The van der Waals surface area contributed by atoms with E-state index >= 15 is 0 Å². The molecule has 114 valence electrons. The second kappa shape index (κ2) is 7.25. The number of nitrogens with zero attached hydrogens (tertiary/aromatic N) is 1. The fourth-order valence-electron chi connectivity index (χ4n) is 2.35. The Kier molecular flexibility index (Phi) is 5.37. The molecular formula is C17H23NO3. The molecule has 1 amide bonds. The van der Waals surface area contributed by atoms with Crippen molar-refractivity contribution in [2.24, 2.45) is 5.92 Å². The Morgan fingerprint density at radius 2 is 1.90 bits per heavy atom. The summed E-state index contributed by atoms with van der Waals surface area (Å²) < 4.78 is 0. The third-order valence-corrected chi connectivity index (χ3v) is 3.81. The van der Waals surface area contributed by atoms with Crippen LogP contribution >= 0.6 is 0 Å². The number of carboxylic acids is 1. The Bertz CT molecular complexity index is 491. The maximum absolute atomic E-state index is 12.3. The van der Waals surface area contributed by atoms with Gasteiger partial charge in [0.15, 0.2) is 0 Å². The minimum atomic E-state index is -0.872. The molecule has 0 aliphatic heterocycles. The number of rotatable bonds is 8. The average molecular weight is 289 g/mol. The van der Waals surface area contributed by atoms with E-state index in [4.69, 9.17) is 5.11 Å². The van der Waals surface area contributed by atoms with Gasteiger partial charge in [0.1, 0.15) is 0 Å². The van der Waals surface area contributed by atoms with Gasteiger partial charge in [0, 0.05) is 18.2 Å². The third kappa shape index (κ3) is 4.59. The number of aryl methyl sites for hydroxylation is 1. The van der Waals surface area contributed by atoms with Crippen molar-refractivity contribution in [1.82, 2.24) is 0 Å². The van der Waals surface area contributed by atoms with Crippen LogP contribution in [-0.4, -0.2) is 23.5 Å². The van der Waals surface area contributed by atoms with Crippen molar-refractivity contribution in [3.8, 4) is 0 Å². The number of benzene rings is 1. The molecule has 1 aromatic rings. The quantitative estimate of drug-likeness (QED) is 0.799. The fourth-order valence-corrected chi connectivity index (χ4v) is 2.35. The number of carbonyl (C=O) groups is 2. The van der Waals surface area contributed by atoms with Crippen molar-refractivity contribution in [1.29, 1.82) is 0 Å². The third-order valence-electron chi connectivity index (χ3n) is 3.81. The lowest BCUT2D eigenvalue weighted by Crippen LogP contribution is -2.34. The Morgan fingerprint density at radius 3 is 2.43 bits per heavy atom. The standard InChI is InChI=1S/C17H23NO3/c1-2-3-4-13-5-9-15(10-6-13)18(12-11-16(19)20)17(21)14-7-8-14/h5-6,9-10,14H,2-4,7-8,11-12H2,1H3,(H,19,20). The first kappa shape index (κ1) is 15.5. The highest BCUT2D eigenvalue weighted by Gasteiger charge is 2.34. The van der Waals surface area contributed by atoms with Gasteiger partial charge in [-0.05, 0) is 43.4 Å². The Labute approximate surface area is 125 Å². The summed E-state index contributed by atoms with van der Waals surface area (Å²) in [6, 6.07) is 7.96. The van der Waals surface area contributed by atoms with Crippen molar-refractivity contribution in [2.45, 2.75) is 45.4 Å². The van der Waals surface area contributed by atoms with E-state index in [1.54, 1.807) is 4.90 Å². The van der Waals surface area contributed by atoms with Gasteiger partial charge >= 0.3 is 5.97 Å². The lowest BCUT2D eigenvalue weighted by atomic mass is 10.1. The van der Waals surface area contributed by atoms with E-state index in [1.165, 1.54) is 5.56 Å². The molecule has 0 unspecified atom stereocenters. The Balaban J connectivity index is 2.07. The molecule has 1 N–H and O–H groups in total. The van der Waals surface area contributed by atoms with E-state index in [0.29, 0.717) is 0 Å². The number of unbranched alkanes of at least 4 members (excludes halogenated alkanes) is 1. The summed E-state index contributed by atoms with van der Waals surface area (Å²) in [7, 11) is 0. The number of aliphatic carboxylic acids is 1. The van der Waals surface area contributed by atoms with Crippen LogP contribution in [0.25, 0.3) is 0 Å². The predicted octanol–water partition coefficient (Wildman–Crippen LogP) is 3.25. The normalized spacial score (nSPS) is 14.0. The highest BCUT2D eigenvalue weighted by atomic mass is 16.4. The Hall–Kier alpha value is -1.84. The topological polar surface area (TPSA) is 57.6 Å². The van der Waals surface area contributed by atoms with Crippen molar-refractivity contribution in [3.63, 3.8) is 0 Å². The molecule has 4 heteroatoms. The van der Waals surface area contributed by atoms with Crippen LogP contribution in [0.15, 0.2) is 24.3 Å². The van der Waals surface area contributed by atoms with Crippen molar-refractivity contribution in [3.05, 3.63) is 29.8 Å². The molecule has 21 heavy (non-hydrogen) atoms. The molecular weight excluding hydrogens is 266 g/mol. The van der Waals surface area contributed by atoms with Crippen LogP contribution in [0.4, 0.5) is 5.69 Å². The second-order valence-electron chi connectivity index (χ2n) is 5.68. The smallest absolute Gasteiger partial charge is 0.305 e. The second-order valence-corrected chi connectivity index (χ2v) is 5.68. The summed E-state index contributed by atoms with van der Waals surface area (Å²) in [6.07, 6.45) is 5.20. The van der Waals surface area contributed by atoms with Gasteiger partial charge in [-0.2, -0.15) is 0 Å². The van der Waals surface area contributed by atoms with E-state index in [9.17, 15) is 9.59 Å². The first-order chi connectivity index (χ1) is 10.1. The molecule has 0 radical (unpaired) electrons. The number of carbonyl (C=O) groups excluding carboxylic acids is 1. The van der Waals surface area contributed by atoms with Crippen LogP contribution in [0.2, 0.25) is 0 Å². The molecule has 1 saturated carbocycles. The molecule has 0 heterocycles. The summed E-state index contributed by atoms with van der Waals surface area (Å²) in [6.45, 7) is 2.41. The molecule has 1 aliphatic carbocycles. The van der Waals surface area contributed by atoms with Crippen LogP contribution < -0.4 is 4.90 Å². The summed E-state index contributed by atoms with van der Waals surface area (Å²) in [4.78, 5) is 24.7. The van der Waals surface area contributed by atoms with E-state index in [2.05, 4.69) is 6.92 Å². The first-order valence-corrected chi connectivity index (χ1v) is 7.74. The SMILES string of the molecule is CCCCc1ccc(N(CCC(=O)O)C(=O)C2CC2)cc1. The zero-order valence-electron chi connectivity index (χ0n) is 12.5. The van der Waals surface area contributed by atoms with Crippen molar-refractivity contribution < 1.29 is 14.7 Å². The van der Waals surface area contributed by atoms with Gasteiger partial charge < -0.3 is 10.0 Å². The number of hydrogen-bond acceptors (Lipinski definition) is 2. The number of carboxylic acid groups (broad SMARTS) is 1. The molecule has 0 aromatic heterocycles. The lowest BCUT2D eigenvalue weighted by Gasteiger charge is -2.22. The number of hydrogen-bond donors (Lipinski definition) is 1. The molecule has 1 fully saturated rings. The Morgan fingerprint density at radius 1 is 1.24 bits per heavy atom. The van der Waals surface area contributed by atoms with Crippen LogP contribution in [0.3, 0.4) is 0 Å². The summed E-state index contributed by atoms with van der Waals surface area (Å²) in [5, 5.41) is 8.85. The number of anilines is 1. The zero-order valence-corrected chi connectivity index (χ0v) is 12.5. The maximum atomic E-state index is 12.3. The molecule has 1 aromatic carbocycles. The minimum absolute atomic E-state index is 0.0178. The fraction of sp³-hybridized carbons (Fsp3) is 0.529. The largest absolute Gasteiger partial charge is 0.481 e. The van der Waals surface area contributed by atoms with E-state index in [-0.39, 0.29) is 24.8 Å². The zero-order chi connectivity index (χ0) is 15.2. The minimum Gasteiger partial charge on any atom is -0.481 e. The summed E-state index contributed by atoms with van der Waals surface area (Å²) in [5.41, 5.74) is 2.08. The van der Waals surface area contributed by atoms with Crippen LogP contribution in [-0.2, 0) is 16.0 Å². The molecule has 0 spiro atoms. The van der Waals surface area contributed by atoms with Crippen LogP contribution in [0, 0.1) is 5.92 Å². The molecule has 0 bridgehead atoms. The van der Waals surface area contributed by atoms with E-state index in [1.807, 2.05) is 24.3 Å². The first-order valence-electron chi connectivity index (χ1n) is 7.74. The predicted molar refractivity (Wildman–Crippen MR) is 82.4 cm³/mol. The molecule has 1 aliphatic rings. The summed E-state index contributed by atoms with van der Waals surface area (Å²) >= 11 is 0. The van der Waals surface area contributed by atoms with E-state index in [0.717, 1.165) is 37.8 Å². The molecule has 0 saturated heterocycles. The highest BCUT2D eigenvalue weighted by Crippen LogP contribution is 2.33. The lowest BCUT2D eigenvalue weighted by molar-refractivity contribution is -0.136. The molecule has 0 atom stereocenters. The van der Waals surface area contributed by atoms with Crippen LogP contribution in [0.5, 0.6) is 0 Å². The van der Waals surface area contributed by atoms with E-state index < -0.39 is 5.97 Å². The van der Waals surface area contributed by atoms with Crippen LogP contribution in [0.1, 0.15) is 44.6 Å². The van der Waals surface area contributed by atoms with Crippen molar-refractivity contribution in [2.75, 3.05) is 11.4 Å². The van der Waals surface area contributed by atoms with Gasteiger partial charge in [0.25, 0.3) is 0 Å². The van der Waals surface area contributed by atoms with Gasteiger partial charge in [-0.15, -0.1) is 0 Å². The highest BCUT2D eigenvalue weighted by molar-refractivity contribution is 5.96. The molecule has 2 rings (SSSR count). The van der Waals surface area contributed by atoms with Gasteiger partial charge in [0.05, 0.1) is 6.42 Å². The number of amides is 1. The van der Waals surface area contributed by atoms with Gasteiger partial charge in [-0.3, -0.25) is 9.59 Å². The summed E-state index contributed by atoms with van der Waals surface area (Å²) in [5.74, 6) is -0.709.